The molecule has 1 aliphatic rings. The van der Waals surface area contributed by atoms with Gasteiger partial charge in [0.25, 0.3) is 0 Å². The second kappa shape index (κ2) is 9.28. The molecular formula is C18H27BrN2O2. The summed E-state index contributed by atoms with van der Waals surface area (Å²) in [6, 6.07) is 8.08. The van der Waals surface area contributed by atoms with E-state index in [2.05, 4.69) is 15.9 Å². The summed E-state index contributed by atoms with van der Waals surface area (Å²) in [5.41, 5.74) is 6.03. The van der Waals surface area contributed by atoms with Gasteiger partial charge >= 0.3 is 0 Å². The maximum atomic E-state index is 12.4. The van der Waals surface area contributed by atoms with Crippen molar-refractivity contribution < 1.29 is 9.53 Å². The van der Waals surface area contributed by atoms with Crippen molar-refractivity contribution in [2.45, 2.75) is 57.5 Å². The number of piperidine rings is 1. The number of benzene rings is 1. The molecule has 1 amide bonds. The molecule has 0 aliphatic carbocycles. The molecule has 128 valence electrons. The molecule has 1 aromatic carbocycles. The molecule has 0 spiro atoms. The first-order valence-electron chi connectivity index (χ1n) is 8.51. The number of rotatable bonds is 7. The van der Waals surface area contributed by atoms with Gasteiger partial charge in [-0.2, -0.15) is 0 Å². The van der Waals surface area contributed by atoms with Crippen LogP contribution in [0.5, 0.6) is 5.75 Å². The highest BCUT2D eigenvalue weighted by Gasteiger charge is 2.28. The summed E-state index contributed by atoms with van der Waals surface area (Å²) < 4.78 is 6.72. The number of amides is 1. The summed E-state index contributed by atoms with van der Waals surface area (Å²) in [5, 5.41) is 0. The highest BCUT2D eigenvalue weighted by molar-refractivity contribution is 9.10. The molecule has 0 aromatic heterocycles. The number of unbranched alkanes of at least 4 members (excludes halogenated alkanes) is 1. The zero-order valence-electron chi connectivity index (χ0n) is 13.8. The summed E-state index contributed by atoms with van der Waals surface area (Å²) >= 11 is 3.40. The zero-order valence-corrected chi connectivity index (χ0v) is 15.4. The summed E-state index contributed by atoms with van der Waals surface area (Å²) in [5.74, 6) is 1.11. The maximum absolute atomic E-state index is 12.4. The summed E-state index contributed by atoms with van der Waals surface area (Å²) in [7, 11) is 0. The highest BCUT2D eigenvalue weighted by Crippen LogP contribution is 2.21. The average Bonchev–Trinajstić information content (AvgIpc) is 2.56. The first-order valence-corrected chi connectivity index (χ1v) is 9.30. The van der Waals surface area contributed by atoms with E-state index in [1.807, 2.05) is 36.1 Å². The van der Waals surface area contributed by atoms with Crippen LogP contribution in [0.3, 0.4) is 0 Å². The number of carbonyl (C=O) groups excluding carboxylic acids is 1. The molecule has 0 bridgehead atoms. The first kappa shape index (κ1) is 18.3. The topological polar surface area (TPSA) is 55.6 Å². The Kier molecular flexibility index (Phi) is 7.37. The lowest BCUT2D eigenvalue weighted by molar-refractivity contribution is -0.135. The largest absolute Gasteiger partial charge is 0.494 e. The minimum Gasteiger partial charge on any atom is -0.494 e. The lowest BCUT2D eigenvalue weighted by Crippen LogP contribution is -2.51. The Morgan fingerprint density at radius 2 is 2.09 bits per heavy atom. The molecule has 0 radical (unpaired) electrons. The quantitative estimate of drug-likeness (QED) is 0.730. The molecule has 2 unspecified atom stereocenters. The van der Waals surface area contributed by atoms with Crippen LogP contribution in [-0.2, 0) is 4.79 Å². The van der Waals surface area contributed by atoms with Gasteiger partial charge in [0.15, 0.2) is 0 Å². The molecule has 0 saturated carbocycles. The van der Waals surface area contributed by atoms with Crippen LogP contribution in [0, 0.1) is 0 Å². The predicted molar refractivity (Wildman–Crippen MR) is 96.5 cm³/mol. The van der Waals surface area contributed by atoms with Gasteiger partial charge in [-0.05, 0) is 63.3 Å². The van der Waals surface area contributed by atoms with Crippen LogP contribution >= 0.6 is 15.9 Å². The Balaban J connectivity index is 1.67. The van der Waals surface area contributed by atoms with Crippen molar-refractivity contribution in [2.75, 3.05) is 13.2 Å². The molecule has 2 rings (SSSR count). The van der Waals surface area contributed by atoms with Crippen LogP contribution in [0.2, 0.25) is 0 Å². The van der Waals surface area contributed by atoms with Crippen molar-refractivity contribution >= 4 is 21.8 Å². The van der Waals surface area contributed by atoms with Gasteiger partial charge in [-0.25, -0.2) is 0 Å². The summed E-state index contributed by atoms with van der Waals surface area (Å²) in [6.07, 6.45) is 5.65. The van der Waals surface area contributed by atoms with Gasteiger partial charge < -0.3 is 15.4 Å². The third kappa shape index (κ3) is 5.81. The van der Waals surface area contributed by atoms with Crippen molar-refractivity contribution in [1.29, 1.82) is 0 Å². The molecular weight excluding hydrogens is 356 g/mol. The summed E-state index contributed by atoms with van der Waals surface area (Å²) in [4.78, 5) is 14.4. The van der Waals surface area contributed by atoms with E-state index >= 15 is 0 Å². The lowest BCUT2D eigenvalue weighted by Gasteiger charge is -2.38. The second-order valence-corrected chi connectivity index (χ2v) is 7.18. The normalized spacial score (nSPS) is 19.4. The second-order valence-electron chi connectivity index (χ2n) is 6.27. The van der Waals surface area contributed by atoms with Crippen molar-refractivity contribution in [3.05, 3.63) is 28.7 Å². The number of nitrogens with zero attached hydrogens (tertiary/aromatic N) is 1. The smallest absolute Gasteiger partial charge is 0.222 e. The molecule has 1 fully saturated rings. The Hall–Kier alpha value is -1.07. The van der Waals surface area contributed by atoms with E-state index in [-0.39, 0.29) is 18.0 Å². The van der Waals surface area contributed by atoms with Crippen LogP contribution < -0.4 is 10.5 Å². The number of halogens is 1. The number of ether oxygens (including phenoxy) is 1. The van der Waals surface area contributed by atoms with E-state index in [9.17, 15) is 4.79 Å². The summed E-state index contributed by atoms with van der Waals surface area (Å²) in [6.45, 7) is 3.51. The van der Waals surface area contributed by atoms with Crippen LogP contribution in [-0.4, -0.2) is 36.0 Å². The van der Waals surface area contributed by atoms with Crippen molar-refractivity contribution in [3.63, 3.8) is 0 Å². The van der Waals surface area contributed by atoms with Crippen molar-refractivity contribution in [2.24, 2.45) is 5.73 Å². The minimum absolute atomic E-state index is 0.0555. The Morgan fingerprint density at radius 1 is 1.35 bits per heavy atom. The Morgan fingerprint density at radius 3 is 2.78 bits per heavy atom. The molecule has 2 atom stereocenters. The van der Waals surface area contributed by atoms with Gasteiger partial charge in [0.2, 0.25) is 5.91 Å². The lowest BCUT2D eigenvalue weighted by atomic mass is 9.96. The third-order valence-electron chi connectivity index (χ3n) is 4.34. The van der Waals surface area contributed by atoms with Gasteiger partial charge in [-0.15, -0.1) is 0 Å². The molecule has 4 nitrogen and oxygen atoms in total. The molecule has 5 heteroatoms. The van der Waals surface area contributed by atoms with E-state index < -0.39 is 0 Å². The molecule has 23 heavy (non-hydrogen) atoms. The van der Waals surface area contributed by atoms with Gasteiger partial charge in [0.1, 0.15) is 5.75 Å². The number of carbonyl (C=O) groups is 1. The van der Waals surface area contributed by atoms with E-state index in [1.165, 1.54) is 6.42 Å². The standard InChI is InChI=1S/C18H27BrN2O2/c1-14(20)17-6-2-4-12-21(17)18(22)7-3-5-13-23-16-10-8-15(19)9-11-16/h8-11,14,17H,2-7,12-13,20H2,1H3. The van der Waals surface area contributed by atoms with Gasteiger partial charge in [0.05, 0.1) is 6.61 Å². The van der Waals surface area contributed by atoms with Gasteiger partial charge in [-0.3, -0.25) is 4.79 Å². The first-order chi connectivity index (χ1) is 11.1. The predicted octanol–water partition coefficient (Wildman–Crippen LogP) is 3.73. The van der Waals surface area contributed by atoms with Crippen molar-refractivity contribution in [1.82, 2.24) is 4.90 Å². The van der Waals surface area contributed by atoms with Gasteiger partial charge in [-0.1, -0.05) is 15.9 Å². The maximum Gasteiger partial charge on any atom is 0.222 e. The minimum atomic E-state index is 0.0555. The van der Waals surface area contributed by atoms with E-state index in [0.29, 0.717) is 13.0 Å². The SMILES string of the molecule is CC(N)C1CCCCN1C(=O)CCCCOc1ccc(Br)cc1. The van der Waals surface area contributed by atoms with E-state index in [0.717, 1.165) is 42.5 Å². The fourth-order valence-corrected chi connectivity index (χ4v) is 3.32. The molecule has 1 aromatic rings. The number of hydrogen-bond donors (Lipinski definition) is 1. The van der Waals surface area contributed by atoms with E-state index in [4.69, 9.17) is 10.5 Å². The molecule has 1 saturated heterocycles. The van der Waals surface area contributed by atoms with Crippen LogP contribution in [0.1, 0.15) is 45.4 Å². The van der Waals surface area contributed by atoms with Crippen LogP contribution in [0.4, 0.5) is 0 Å². The fraction of sp³-hybridized carbons (Fsp3) is 0.611. The fourth-order valence-electron chi connectivity index (χ4n) is 3.06. The Bertz CT molecular complexity index is 490. The van der Waals surface area contributed by atoms with Crippen LogP contribution in [0.15, 0.2) is 28.7 Å². The van der Waals surface area contributed by atoms with Crippen LogP contribution in [0.25, 0.3) is 0 Å². The molecule has 2 N–H and O–H groups in total. The third-order valence-corrected chi connectivity index (χ3v) is 4.87. The van der Waals surface area contributed by atoms with Crippen molar-refractivity contribution in [3.8, 4) is 5.75 Å². The zero-order chi connectivity index (χ0) is 16.7. The highest BCUT2D eigenvalue weighted by atomic mass is 79.9. The van der Waals surface area contributed by atoms with Gasteiger partial charge in [0, 0.05) is 29.5 Å². The number of nitrogens with two attached hydrogens (primary N) is 1. The molecule has 1 heterocycles. The Labute approximate surface area is 147 Å². The number of likely N-dealkylation sites (tertiary alicyclic amines) is 1. The number of hydrogen-bond acceptors (Lipinski definition) is 3. The molecule has 1 aliphatic heterocycles. The van der Waals surface area contributed by atoms with E-state index in [1.54, 1.807) is 0 Å². The average molecular weight is 383 g/mol. The monoisotopic (exact) mass is 382 g/mol.